The van der Waals surface area contributed by atoms with E-state index in [9.17, 15) is 4.79 Å². The van der Waals surface area contributed by atoms with Crippen LogP contribution in [-0.2, 0) is 11.2 Å². The zero-order valence-electron chi connectivity index (χ0n) is 9.99. The van der Waals surface area contributed by atoms with Crippen molar-refractivity contribution in [2.45, 2.75) is 26.2 Å². The van der Waals surface area contributed by atoms with Crippen molar-refractivity contribution in [1.29, 1.82) is 0 Å². The lowest BCUT2D eigenvalue weighted by atomic mass is 9.97. The molecule has 2 aliphatic rings. The van der Waals surface area contributed by atoms with Crippen LogP contribution in [0, 0.1) is 5.41 Å². The van der Waals surface area contributed by atoms with Gasteiger partial charge in [-0.25, -0.2) is 9.78 Å². The molecule has 1 heterocycles. The fraction of sp³-hybridized carbons (Fsp3) is 0.462. The Morgan fingerprint density at radius 1 is 1.47 bits per heavy atom. The number of hydrogen-bond acceptors (Lipinski definition) is 4. The Morgan fingerprint density at radius 2 is 2.24 bits per heavy atom. The second-order valence-corrected chi connectivity index (χ2v) is 4.99. The molecule has 2 aliphatic carbocycles. The molecule has 88 valence electrons. The van der Waals surface area contributed by atoms with Gasteiger partial charge in [-0.2, -0.15) is 0 Å². The van der Waals surface area contributed by atoms with Gasteiger partial charge in [-0.15, -0.1) is 0 Å². The Bertz CT molecular complexity index is 530. The molecule has 17 heavy (non-hydrogen) atoms. The van der Waals surface area contributed by atoms with Crippen molar-refractivity contribution < 1.29 is 9.53 Å². The minimum Gasteiger partial charge on any atom is -0.464 e. The van der Waals surface area contributed by atoms with Crippen LogP contribution in [0.25, 0.3) is 6.08 Å². The molecule has 0 radical (unpaired) electrons. The van der Waals surface area contributed by atoms with Gasteiger partial charge in [0.1, 0.15) is 0 Å². The third kappa shape index (κ3) is 1.64. The second-order valence-electron chi connectivity index (χ2n) is 4.99. The molecule has 4 heteroatoms. The Morgan fingerprint density at radius 3 is 2.88 bits per heavy atom. The lowest BCUT2D eigenvalue weighted by Crippen LogP contribution is -2.07. The van der Waals surface area contributed by atoms with E-state index in [0.717, 1.165) is 17.8 Å². The molecule has 0 aromatic carbocycles. The maximum Gasteiger partial charge on any atom is 0.358 e. The van der Waals surface area contributed by atoms with Crippen LogP contribution in [0.3, 0.4) is 0 Å². The van der Waals surface area contributed by atoms with Crippen LogP contribution < -0.4 is 0 Å². The SMILES string of the molecule is COC(=O)c1cnc2c(n1)C=C(C1(C)CC1)C2. The van der Waals surface area contributed by atoms with Gasteiger partial charge in [-0.1, -0.05) is 12.5 Å². The molecule has 0 bridgehead atoms. The van der Waals surface area contributed by atoms with Crippen molar-refractivity contribution in [1.82, 2.24) is 9.97 Å². The quantitative estimate of drug-likeness (QED) is 0.729. The summed E-state index contributed by atoms with van der Waals surface area (Å²) in [4.78, 5) is 20.0. The third-order valence-electron chi connectivity index (χ3n) is 3.72. The monoisotopic (exact) mass is 230 g/mol. The molecule has 0 saturated heterocycles. The Kier molecular flexibility index (Phi) is 2.08. The van der Waals surface area contributed by atoms with Crippen LogP contribution in [0.2, 0.25) is 0 Å². The maximum atomic E-state index is 11.4. The standard InChI is InChI=1S/C13H14N2O2/c1-13(3-4-13)8-5-9-10(6-8)15-11(7-14-9)12(16)17-2/h6-7H,3-5H2,1-2H3. The normalized spacial score (nSPS) is 19.5. The number of carbonyl (C=O) groups excluding carboxylic acids is 1. The highest BCUT2D eigenvalue weighted by Gasteiger charge is 2.42. The van der Waals surface area contributed by atoms with Gasteiger partial charge in [0.2, 0.25) is 0 Å². The van der Waals surface area contributed by atoms with Gasteiger partial charge in [0, 0.05) is 6.42 Å². The summed E-state index contributed by atoms with van der Waals surface area (Å²) in [6.45, 7) is 2.27. The first-order chi connectivity index (χ1) is 8.12. The number of carbonyl (C=O) groups is 1. The number of fused-ring (bicyclic) bond motifs is 1. The first-order valence-corrected chi connectivity index (χ1v) is 5.78. The zero-order chi connectivity index (χ0) is 12.0. The largest absolute Gasteiger partial charge is 0.464 e. The fourth-order valence-electron chi connectivity index (χ4n) is 2.18. The smallest absolute Gasteiger partial charge is 0.358 e. The zero-order valence-corrected chi connectivity index (χ0v) is 9.99. The van der Waals surface area contributed by atoms with E-state index in [-0.39, 0.29) is 5.69 Å². The Balaban J connectivity index is 1.94. The molecule has 0 amide bonds. The number of hydrogen-bond donors (Lipinski definition) is 0. The van der Waals surface area contributed by atoms with Crippen LogP contribution in [0.1, 0.15) is 41.6 Å². The molecule has 0 N–H and O–H groups in total. The van der Waals surface area contributed by atoms with Crippen molar-refractivity contribution in [2.24, 2.45) is 5.41 Å². The van der Waals surface area contributed by atoms with Crippen molar-refractivity contribution >= 4 is 12.0 Å². The van der Waals surface area contributed by atoms with E-state index in [2.05, 4.69) is 27.7 Å². The van der Waals surface area contributed by atoms with Crippen LogP contribution in [0.5, 0.6) is 0 Å². The highest BCUT2D eigenvalue weighted by atomic mass is 16.5. The summed E-state index contributed by atoms with van der Waals surface area (Å²) < 4.78 is 4.64. The number of aromatic nitrogens is 2. The molecule has 0 aliphatic heterocycles. The van der Waals surface area contributed by atoms with Crippen LogP contribution in [-0.4, -0.2) is 23.0 Å². The highest BCUT2D eigenvalue weighted by molar-refractivity contribution is 5.87. The summed E-state index contributed by atoms with van der Waals surface area (Å²) >= 11 is 0. The number of methoxy groups -OCH3 is 1. The minimum absolute atomic E-state index is 0.282. The van der Waals surface area contributed by atoms with Crippen LogP contribution in [0.4, 0.5) is 0 Å². The summed E-state index contributed by atoms with van der Waals surface area (Å²) in [5.74, 6) is -0.431. The van der Waals surface area contributed by atoms with E-state index in [1.807, 2.05) is 0 Å². The number of ether oxygens (including phenoxy) is 1. The number of allylic oxidation sites excluding steroid dienone is 1. The molecule has 0 unspecified atom stereocenters. The topological polar surface area (TPSA) is 52.1 Å². The molecule has 1 saturated carbocycles. The van der Waals surface area contributed by atoms with Crippen molar-refractivity contribution in [2.75, 3.05) is 7.11 Å². The average Bonchev–Trinajstić information content (AvgIpc) is 2.94. The van der Waals surface area contributed by atoms with E-state index in [1.54, 1.807) is 0 Å². The minimum atomic E-state index is -0.431. The Labute approximate surface area is 99.7 Å². The third-order valence-corrected chi connectivity index (χ3v) is 3.72. The molecule has 1 aromatic heterocycles. The number of nitrogens with zero attached hydrogens (tertiary/aromatic N) is 2. The number of rotatable bonds is 2. The van der Waals surface area contributed by atoms with Gasteiger partial charge in [-0.3, -0.25) is 4.98 Å². The summed E-state index contributed by atoms with van der Waals surface area (Å²) in [5.41, 5.74) is 3.84. The van der Waals surface area contributed by atoms with Crippen LogP contribution in [0.15, 0.2) is 11.8 Å². The van der Waals surface area contributed by atoms with E-state index in [4.69, 9.17) is 0 Å². The van der Waals surface area contributed by atoms with Crippen molar-refractivity contribution in [3.8, 4) is 0 Å². The Hall–Kier alpha value is -1.71. The molecular formula is C13H14N2O2. The van der Waals surface area contributed by atoms with E-state index < -0.39 is 5.97 Å². The summed E-state index contributed by atoms with van der Waals surface area (Å²) in [5, 5.41) is 0. The fourth-order valence-corrected chi connectivity index (χ4v) is 2.18. The second kappa shape index (κ2) is 3.39. The van der Waals surface area contributed by atoms with E-state index in [0.29, 0.717) is 5.41 Å². The van der Waals surface area contributed by atoms with Crippen molar-refractivity contribution in [3.05, 3.63) is 28.9 Å². The van der Waals surface area contributed by atoms with Gasteiger partial charge in [0.15, 0.2) is 5.69 Å². The molecule has 1 fully saturated rings. The number of esters is 1. The highest BCUT2D eigenvalue weighted by Crippen LogP contribution is 2.54. The molecular weight excluding hydrogens is 216 g/mol. The van der Waals surface area contributed by atoms with Gasteiger partial charge >= 0.3 is 5.97 Å². The van der Waals surface area contributed by atoms with E-state index in [1.165, 1.54) is 31.7 Å². The predicted octanol–water partition coefficient (Wildman–Crippen LogP) is 2.00. The van der Waals surface area contributed by atoms with Crippen molar-refractivity contribution in [3.63, 3.8) is 0 Å². The summed E-state index contributed by atoms with van der Waals surface area (Å²) in [6, 6.07) is 0. The molecule has 1 aromatic rings. The van der Waals surface area contributed by atoms with Crippen LogP contribution >= 0.6 is 0 Å². The first-order valence-electron chi connectivity index (χ1n) is 5.78. The molecule has 3 rings (SSSR count). The first kappa shape index (κ1) is 10.4. The lowest BCUT2D eigenvalue weighted by Gasteiger charge is -2.07. The molecule has 0 spiro atoms. The summed E-state index contributed by atoms with van der Waals surface area (Å²) in [7, 11) is 1.35. The van der Waals surface area contributed by atoms with Gasteiger partial charge in [0.25, 0.3) is 0 Å². The average molecular weight is 230 g/mol. The van der Waals surface area contributed by atoms with Gasteiger partial charge in [-0.05, 0) is 24.3 Å². The predicted molar refractivity (Wildman–Crippen MR) is 62.4 cm³/mol. The lowest BCUT2D eigenvalue weighted by molar-refractivity contribution is 0.0593. The van der Waals surface area contributed by atoms with Gasteiger partial charge in [0.05, 0.1) is 24.7 Å². The van der Waals surface area contributed by atoms with E-state index >= 15 is 0 Å². The van der Waals surface area contributed by atoms with Gasteiger partial charge < -0.3 is 4.74 Å². The maximum absolute atomic E-state index is 11.4. The summed E-state index contributed by atoms with van der Waals surface area (Å²) in [6.07, 6.45) is 6.95. The molecule has 4 nitrogen and oxygen atoms in total. The molecule has 0 atom stereocenters.